The molecule has 0 bridgehead atoms. The second-order valence-electron chi connectivity index (χ2n) is 7.22. The van der Waals surface area contributed by atoms with Crippen LogP contribution in [0.15, 0.2) is 24.8 Å². The van der Waals surface area contributed by atoms with Crippen LogP contribution in [0.4, 0.5) is 11.6 Å². The molecule has 4 rings (SSSR count). The summed E-state index contributed by atoms with van der Waals surface area (Å²) in [6, 6.07) is 3.87. The van der Waals surface area contributed by atoms with Crippen LogP contribution < -0.4 is 9.80 Å². The molecule has 4 heterocycles. The zero-order chi connectivity index (χ0) is 18.6. The van der Waals surface area contributed by atoms with Crippen LogP contribution in [0.5, 0.6) is 0 Å². The van der Waals surface area contributed by atoms with E-state index in [1.54, 1.807) is 18.5 Å². The summed E-state index contributed by atoms with van der Waals surface area (Å²) in [6.45, 7) is 4.04. The van der Waals surface area contributed by atoms with E-state index in [2.05, 4.69) is 35.8 Å². The van der Waals surface area contributed by atoms with Crippen molar-refractivity contribution >= 4 is 23.2 Å². The molecule has 140 valence electrons. The second-order valence-corrected chi connectivity index (χ2v) is 7.61. The van der Waals surface area contributed by atoms with Gasteiger partial charge in [-0.2, -0.15) is 5.26 Å². The third kappa shape index (κ3) is 4.11. The average Bonchev–Trinajstić information content (AvgIpc) is 2.75. The van der Waals surface area contributed by atoms with Crippen molar-refractivity contribution < 1.29 is 0 Å². The summed E-state index contributed by atoms with van der Waals surface area (Å²) >= 11 is 5.83. The Morgan fingerprint density at radius 3 is 2.04 bits per heavy atom. The van der Waals surface area contributed by atoms with Gasteiger partial charge in [-0.3, -0.25) is 0 Å². The Morgan fingerprint density at radius 2 is 1.48 bits per heavy atom. The molecule has 2 aromatic rings. The van der Waals surface area contributed by atoms with E-state index in [9.17, 15) is 0 Å². The highest BCUT2D eigenvalue weighted by Gasteiger charge is 2.30. The van der Waals surface area contributed by atoms with Crippen molar-refractivity contribution in [2.24, 2.45) is 11.8 Å². The number of hydrogen-bond acceptors (Lipinski definition) is 7. The third-order valence-corrected chi connectivity index (χ3v) is 5.96. The lowest BCUT2D eigenvalue weighted by Gasteiger charge is -2.40. The zero-order valence-electron chi connectivity index (χ0n) is 15.1. The van der Waals surface area contributed by atoms with Gasteiger partial charge in [-0.05, 0) is 37.5 Å². The maximum absolute atomic E-state index is 9.01. The predicted molar refractivity (Wildman–Crippen MR) is 104 cm³/mol. The first-order valence-electron chi connectivity index (χ1n) is 9.42. The molecule has 0 saturated carbocycles. The quantitative estimate of drug-likeness (QED) is 0.805. The van der Waals surface area contributed by atoms with Crippen molar-refractivity contribution in [1.29, 1.82) is 5.26 Å². The van der Waals surface area contributed by atoms with Crippen molar-refractivity contribution in [3.63, 3.8) is 0 Å². The molecular weight excluding hydrogens is 362 g/mol. The molecule has 0 radical (unpaired) electrons. The molecule has 2 fully saturated rings. The van der Waals surface area contributed by atoms with Gasteiger partial charge in [0.1, 0.15) is 34.9 Å². The number of halogens is 1. The Labute approximate surface area is 164 Å². The fourth-order valence-electron chi connectivity index (χ4n) is 4.25. The molecule has 2 aliphatic heterocycles. The summed E-state index contributed by atoms with van der Waals surface area (Å²) in [5.74, 6) is 3.32. The van der Waals surface area contributed by atoms with Crippen LogP contribution in [0.3, 0.4) is 0 Å². The standard InChI is InChI=1S/C19H22ClN7/c20-17-11-23-19(12-22-17)27-7-3-15(4-8-27)14-1-5-26(6-2-14)18-9-16(10-21)24-13-25-18/h9,11-15H,1-8H2. The van der Waals surface area contributed by atoms with E-state index in [1.807, 2.05) is 0 Å². The minimum Gasteiger partial charge on any atom is -0.356 e. The summed E-state index contributed by atoms with van der Waals surface area (Å²) in [6.07, 6.45) is 9.61. The fraction of sp³-hybridized carbons (Fsp3) is 0.526. The molecule has 0 unspecified atom stereocenters. The van der Waals surface area contributed by atoms with Gasteiger partial charge >= 0.3 is 0 Å². The molecule has 0 atom stereocenters. The number of aromatic nitrogens is 4. The van der Waals surface area contributed by atoms with Gasteiger partial charge < -0.3 is 9.80 Å². The molecule has 7 nitrogen and oxygen atoms in total. The second kappa shape index (κ2) is 8.05. The van der Waals surface area contributed by atoms with E-state index < -0.39 is 0 Å². The van der Waals surface area contributed by atoms with Gasteiger partial charge in [-0.25, -0.2) is 19.9 Å². The lowest BCUT2D eigenvalue weighted by atomic mass is 9.79. The molecule has 8 heteroatoms. The van der Waals surface area contributed by atoms with Gasteiger partial charge in [-0.15, -0.1) is 0 Å². The molecule has 2 aliphatic rings. The Balaban J connectivity index is 1.29. The van der Waals surface area contributed by atoms with Crippen LogP contribution in [-0.2, 0) is 0 Å². The minimum atomic E-state index is 0.430. The normalized spacial score (nSPS) is 19.1. The van der Waals surface area contributed by atoms with Crippen LogP contribution in [0, 0.1) is 23.2 Å². The van der Waals surface area contributed by atoms with E-state index in [4.69, 9.17) is 16.9 Å². The van der Waals surface area contributed by atoms with E-state index in [0.717, 1.165) is 49.7 Å². The van der Waals surface area contributed by atoms with Crippen LogP contribution in [0.1, 0.15) is 31.4 Å². The monoisotopic (exact) mass is 383 g/mol. The smallest absolute Gasteiger partial charge is 0.147 e. The predicted octanol–water partition coefficient (Wildman–Crippen LogP) is 2.92. The van der Waals surface area contributed by atoms with Gasteiger partial charge in [0, 0.05) is 32.2 Å². The highest BCUT2D eigenvalue weighted by atomic mass is 35.5. The molecule has 2 aromatic heterocycles. The summed E-state index contributed by atoms with van der Waals surface area (Å²) < 4.78 is 0. The van der Waals surface area contributed by atoms with Crippen molar-refractivity contribution in [3.05, 3.63) is 35.6 Å². The summed E-state index contributed by atoms with van der Waals surface area (Å²) in [5, 5.41) is 9.45. The lowest BCUT2D eigenvalue weighted by Crippen LogP contribution is -2.41. The van der Waals surface area contributed by atoms with Gasteiger partial charge in [0.15, 0.2) is 0 Å². The topological polar surface area (TPSA) is 81.8 Å². The number of hydrogen-bond donors (Lipinski definition) is 0. The van der Waals surface area contributed by atoms with Crippen LogP contribution in [0.2, 0.25) is 5.15 Å². The van der Waals surface area contributed by atoms with Crippen molar-refractivity contribution in [3.8, 4) is 6.07 Å². The third-order valence-electron chi connectivity index (χ3n) is 5.77. The maximum Gasteiger partial charge on any atom is 0.147 e. The highest BCUT2D eigenvalue weighted by Crippen LogP contribution is 2.34. The molecule has 0 amide bonds. The molecule has 0 aromatic carbocycles. The first-order valence-corrected chi connectivity index (χ1v) is 9.80. The van der Waals surface area contributed by atoms with E-state index >= 15 is 0 Å². The van der Waals surface area contributed by atoms with Crippen LogP contribution in [0.25, 0.3) is 0 Å². The number of anilines is 2. The first kappa shape index (κ1) is 17.9. The molecule has 27 heavy (non-hydrogen) atoms. The Hall–Kier alpha value is -2.46. The summed E-state index contributed by atoms with van der Waals surface area (Å²) in [5.41, 5.74) is 0.430. The molecule has 2 saturated heterocycles. The number of nitrogens with zero attached hydrogens (tertiary/aromatic N) is 7. The minimum absolute atomic E-state index is 0.430. The highest BCUT2D eigenvalue weighted by molar-refractivity contribution is 6.29. The van der Waals surface area contributed by atoms with Gasteiger partial charge in [-0.1, -0.05) is 11.6 Å². The lowest BCUT2D eigenvalue weighted by molar-refractivity contribution is 0.232. The van der Waals surface area contributed by atoms with Crippen molar-refractivity contribution in [2.45, 2.75) is 25.7 Å². The molecule has 0 spiro atoms. The Bertz CT molecular complexity index is 804. The average molecular weight is 384 g/mol. The van der Waals surface area contributed by atoms with Gasteiger partial charge in [0.05, 0.1) is 12.4 Å². The van der Waals surface area contributed by atoms with E-state index in [0.29, 0.717) is 10.8 Å². The molecule has 0 N–H and O–H groups in total. The van der Waals surface area contributed by atoms with E-state index in [-0.39, 0.29) is 0 Å². The van der Waals surface area contributed by atoms with Gasteiger partial charge in [0.2, 0.25) is 0 Å². The van der Waals surface area contributed by atoms with E-state index in [1.165, 1.54) is 32.0 Å². The molecular formula is C19H22ClN7. The Morgan fingerprint density at radius 1 is 0.852 bits per heavy atom. The van der Waals surface area contributed by atoms with Crippen LogP contribution in [-0.4, -0.2) is 46.1 Å². The SMILES string of the molecule is N#Cc1cc(N2CCC(C3CCN(c4cnc(Cl)cn4)CC3)CC2)ncn1. The Kier molecular flexibility index (Phi) is 5.35. The fourth-order valence-corrected chi connectivity index (χ4v) is 4.35. The van der Waals surface area contributed by atoms with Crippen LogP contribution >= 0.6 is 11.6 Å². The summed E-state index contributed by atoms with van der Waals surface area (Å²) in [7, 11) is 0. The zero-order valence-corrected chi connectivity index (χ0v) is 15.9. The van der Waals surface area contributed by atoms with Crippen molar-refractivity contribution in [2.75, 3.05) is 36.0 Å². The number of rotatable bonds is 3. The molecule has 0 aliphatic carbocycles. The summed E-state index contributed by atoms with van der Waals surface area (Å²) in [4.78, 5) is 21.4. The first-order chi connectivity index (χ1) is 13.2. The largest absolute Gasteiger partial charge is 0.356 e. The number of nitriles is 1. The van der Waals surface area contributed by atoms with Gasteiger partial charge in [0.25, 0.3) is 0 Å². The van der Waals surface area contributed by atoms with Crippen molar-refractivity contribution in [1.82, 2.24) is 19.9 Å². The maximum atomic E-state index is 9.01. The number of piperidine rings is 2.